The fourth-order valence-corrected chi connectivity index (χ4v) is 5.22. The van der Waals surface area contributed by atoms with Gasteiger partial charge in [-0.3, -0.25) is 24.1 Å². The Morgan fingerprint density at radius 3 is 2.00 bits per heavy atom. The van der Waals surface area contributed by atoms with E-state index in [1.165, 1.54) is 22.8 Å². The number of aromatic nitrogens is 1. The zero-order valence-corrected chi connectivity index (χ0v) is 29.7. The second kappa shape index (κ2) is 21.7. The molecule has 0 saturated carbocycles. The van der Waals surface area contributed by atoms with Crippen LogP contribution in [-0.2, 0) is 35.2 Å². The minimum Gasteiger partial charge on any atom is -0.466 e. The quantitative estimate of drug-likeness (QED) is 0.233. The fourth-order valence-electron chi connectivity index (χ4n) is 5.22. The Labute approximate surface area is 288 Å². The molecule has 2 saturated heterocycles. The molecule has 1 aliphatic carbocycles. The highest BCUT2D eigenvalue weighted by Crippen LogP contribution is 2.28. The van der Waals surface area contributed by atoms with Gasteiger partial charge in [-0.2, -0.15) is 0 Å². The van der Waals surface area contributed by atoms with Gasteiger partial charge in [0.05, 0.1) is 25.0 Å². The molecule has 3 aliphatic rings. The number of ketones is 1. The monoisotopic (exact) mass is 699 g/mol. The summed E-state index contributed by atoms with van der Waals surface area (Å²) in [5.74, 6) is -1.49. The Hall–Kier alpha value is -3.22. The Kier molecular flexibility index (Phi) is 19.3. The Bertz CT molecular complexity index is 1310. The number of aldehydes is 1. The molecule has 0 radical (unpaired) electrons. The van der Waals surface area contributed by atoms with Gasteiger partial charge in [-0.25, -0.2) is 13.6 Å². The molecule has 2 fully saturated rings. The van der Waals surface area contributed by atoms with Gasteiger partial charge in [-0.05, 0) is 56.2 Å². The van der Waals surface area contributed by atoms with Crippen LogP contribution in [0.4, 0.5) is 8.78 Å². The molecule has 0 spiro atoms. The Balaban J connectivity index is 0.000000416. The lowest BCUT2D eigenvalue weighted by Crippen LogP contribution is -2.47. The third-order valence-corrected chi connectivity index (χ3v) is 7.66. The molecular formula is C35H52ClF2N3O7. The molecule has 48 heavy (non-hydrogen) atoms. The molecule has 0 bridgehead atoms. The molecule has 3 atom stereocenters. The lowest BCUT2D eigenvalue weighted by atomic mass is 9.80. The zero-order chi connectivity index (χ0) is 35.1. The maximum Gasteiger partial charge on any atom is 0.329 e. The molecule has 2 aliphatic heterocycles. The highest BCUT2D eigenvalue weighted by atomic mass is 35.5. The van der Waals surface area contributed by atoms with E-state index in [4.69, 9.17) is 9.47 Å². The van der Waals surface area contributed by atoms with Crippen molar-refractivity contribution in [2.75, 3.05) is 39.4 Å². The van der Waals surface area contributed by atoms with Crippen molar-refractivity contribution in [3.05, 3.63) is 58.0 Å². The first-order chi connectivity index (χ1) is 22.3. The number of carbonyl (C=O) groups excluding carboxylic acids is 4. The number of likely N-dealkylation sites (tertiary alicyclic amines) is 1. The molecule has 10 nitrogen and oxygen atoms in total. The van der Waals surface area contributed by atoms with Gasteiger partial charge in [-0.1, -0.05) is 39.8 Å². The molecule has 1 N–H and O–H groups in total. The Morgan fingerprint density at radius 1 is 0.938 bits per heavy atom. The van der Waals surface area contributed by atoms with E-state index in [1.807, 2.05) is 32.6 Å². The van der Waals surface area contributed by atoms with Gasteiger partial charge >= 0.3 is 11.9 Å². The highest BCUT2D eigenvalue weighted by Gasteiger charge is 2.34. The highest BCUT2D eigenvalue weighted by molar-refractivity contribution is 6.00. The number of carbonyl (C=O) groups is 4. The van der Waals surface area contributed by atoms with E-state index in [1.54, 1.807) is 32.2 Å². The van der Waals surface area contributed by atoms with Crippen LogP contribution in [0.3, 0.4) is 0 Å². The van der Waals surface area contributed by atoms with Crippen LogP contribution in [0.1, 0.15) is 66.0 Å². The standard InChI is InChI=1S/C17H25FN2O3.C15H20O4.C3H6FN.ClH/c1-4-23-17(22)15(7-12(2)3)20-9-13(5-6-16(20)21)8-19-10-14(18)11-19;1-4-19-15(18)13(7-10(2)3)12-8-11(9-16)5-6-14(12)17;4-3-1-5-2-3;/h5-6,9,12,14-15H,4,7-8,10-11H2,1-3H3;5-6,8-10,12-13H,4,7H2,1-3H3;3,5H,1-2H2;1H. The minimum atomic E-state index is -0.755. The third-order valence-electron chi connectivity index (χ3n) is 7.66. The summed E-state index contributed by atoms with van der Waals surface area (Å²) < 4.78 is 36.0. The second-order valence-corrected chi connectivity index (χ2v) is 12.8. The number of allylic oxidation sites excluding steroid dienone is 4. The van der Waals surface area contributed by atoms with E-state index in [0.717, 1.165) is 5.56 Å². The SMILES string of the molecule is CCOC(=O)C(CC(C)C)C1C=C(C=O)C=CC1=O.CCOC(=O)C(CC(C)C)n1cc(CN2CC(F)C2)ccc1=O.Cl.FC1CNC1. The maximum absolute atomic E-state index is 12.9. The number of halogens is 3. The van der Waals surface area contributed by atoms with Crippen LogP contribution in [0, 0.1) is 23.7 Å². The summed E-state index contributed by atoms with van der Waals surface area (Å²) >= 11 is 0. The average Bonchev–Trinajstić information content (AvgIpc) is 2.99. The van der Waals surface area contributed by atoms with E-state index >= 15 is 0 Å². The van der Waals surface area contributed by atoms with Gasteiger partial charge in [0, 0.05) is 50.6 Å². The first-order valence-corrected chi connectivity index (χ1v) is 16.4. The van der Waals surface area contributed by atoms with Crippen LogP contribution in [0.2, 0.25) is 0 Å². The van der Waals surface area contributed by atoms with Gasteiger partial charge < -0.3 is 19.4 Å². The first kappa shape index (κ1) is 42.8. The van der Waals surface area contributed by atoms with Gasteiger partial charge in [0.15, 0.2) is 5.78 Å². The smallest absolute Gasteiger partial charge is 0.329 e. The molecule has 3 heterocycles. The average molecular weight is 700 g/mol. The third kappa shape index (κ3) is 14.1. The zero-order valence-electron chi connectivity index (χ0n) is 28.9. The van der Waals surface area contributed by atoms with E-state index in [2.05, 4.69) is 5.32 Å². The number of esters is 2. The molecule has 3 unspecified atom stereocenters. The normalized spacial score (nSPS) is 18.8. The van der Waals surface area contributed by atoms with Crippen molar-refractivity contribution in [3.63, 3.8) is 0 Å². The fraction of sp³-hybridized carbons (Fsp3) is 0.629. The molecule has 1 aromatic rings. The number of ether oxygens (including phenoxy) is 2. The summed E-state index contributed by atoms with van der Waals surface area (Å²) in [5.41, 5.74) is 1.11. The first-order valence-electron chi connectivity index (χ1n) is 16.4. The van der Waals surface area contributed by atoms with Crippen molar-refractivity contribution >= 4 is 36.4 Å². The van der Waals surface area contributed by atoms with E-state index in [9.17, 15) is 32.8 Å². The van der Waals surface area contributed by atoms with Crippen molar-refractivity contribution in [2.24, 2.45) is 23.7 Å². The Morgan fingerprint density at radius 2 is 1.52 bits per heavy atom. The van der Waals surface area contributed by atoms with Crippen LogP contribution in [0.25, 0.3) is 0 Å². The second-order valence-electron chi connectivity index (χ2n) is 12.8. The molecule has 1 aromatic heterocycles. The van der Waals surface area contributed by atoms with Crippen LogP contribution in [-0.4, -0.2) is 85.2 Å². The predicted molar refractivity (Wildman–Crippen MR) is 182 cm³/mol. The van der Waals surface area contributed by atoms with Gasteiger partial charge in [0.2, 0.25) is 0 Å². The van der Waals surface area contributed by atoms with E-state index < -0.39 is 30.2 Å². The molecule has 4 rings (SSSR count). The van der Waals surface area contributed by atoms with Gasteiger partial charge in [-0.15, -0.1) is 12.4 Å². The number of nitrogens with zero attached hydrogens (tertiary/aromatic N) is 2. The minimum absolute atomic E-state index is 0. The number of hydrogen-bond donors (Lipinski definition) is 1. The number of nitrogens with one attached hydrogen (secondary N) is 1. The molecule has 0 amide bonds. The largest absolute Gasteiger partial charge is 0.466 e. The lowest BCUT2D eigenvalue weighted by Gasteiger charge is -2.34. The number of pyridine rings is 1. The maximum atomic E-state index is 12.9. The molecule has 270 valence electrons. The van der Waals surface area contributed by atoms with Gasteiger partial charge in [0.25, 0.3) is 5.56 Å². The predicted octanol–water partition coefficient (Wildman–Crippen LogP) is 4.59. The summed E-state index contributed by atoms with van der Waals surface area (Å²) in [7, 11) is 0. The summed E-state index contributed by atoms with van der Waals surface area (Å²) in [4.78, 5) is 61.1. The lowest BCUT2D eigenvalue weighted by molar-refractivity contribution is -0.151. The summed E-state index contributed by atoms with van der Waals surface area (Å²) in [6.07, 6.45) is 6.60. The van der Waals surface area contributed by atoms with Crippen LogP contribution >= 0.6 is 12.4 Å². The van der Waals surface area contributed by atoms with Crippen molar-refractivity contribution < 1.29 is 37.4 Å². The number of hydrogen-bond acceptors (Lipinski definition) is 9. The van der Waals surface area contributed by atoms with Crippen LogP contribution in [0.5, 0.6) is 0 Å². The van der Waals surface area contributed by atoms with Gasteiger partial charge in [0.1, 0.15) is 24.7 Å². The summed E-state index contributed by atoms with van der Waals surface area (Å²) in [6, 6.07) is 2.59. The molecule has 13 heteroatoms. The number of rotatable bonds is 13. The van der Waals surface area contributed by atoms with Crippen molar-refractivity contribution in [3.8, 4) is 0 Å². The van der Waals surface area contributed by atoms with E-state index in [0.29, 0.717) is 57.4 Å². The topological polar surface area (TPSA) is 124 Å². The van der Waals surface area contributed by atoms with Crippen molar-refractivity contribution in [1.82, 2.24) is 14.8 Å². The van der Waals surface area contributed by atoms with Crippen LogP contribution in [0.15, 0.2) is 46.9 Å². The van der Waals surface area contributed by atoms with Crippen LogP contribution < -0.4 is 10.9 Å². The number of alkyl halides is 2. The van der Waals surface area contributed by atoms with Crippen molar-refractivity contribution in [1.29, 1.82) is 0 Å². The van der Waals surface area contributed by atoms with E-state index in [-0.39, 0.29) is 60.7 Å². The summed E-state index contributed by atoms with van der Waals surface area (Å²) in [5, 5.41) is 2.79. The molecular weight excluding hydrogens is 648 g/mol. The summed E-state index contributed by atoms with van der Waals surface area (Å²) in [6.45, 7) is 14.6. The molecule has 0 aromatic carbocycles. The van der Waals surface area contributed by atoms with Crippen molar-refractivity contribution in [2.45, 2.75) is 79.3 Å².